The number of methoxy groups -OCH3 is 1. The lowest BCUT2D eigenvalue weighted by Gasteiger charge is -2.26. The Balaban J connectivity index is 1.49. The molecule has 32 heavy (non-hydrogen) atoms. The van der Waals surface area contributed by atoms with Crippen molar-refractivity contribution in [3.05, 3.63) is 48.3 Å². The first-order valence-electron chi connectivity index (χ1n) is 10.8. The Kier molecular flexibility index (Phi) is 7.14. The Morgan fingerprint density at radius 3 is 2.62 bits per heavy atom. The molecule has 8 heteroatoms. The highest BCUT2D eigenvalue weighted by Crippen LogP contribution is 2.34. The first-order valence-corrected chi connectivity index (χ1v) is 10.8. The highest BCUT2D eigenvalue weighted by Gasteiger charge is 2.13. The van der Waals surface area contributed by atoms with Crippen LogP contribution in [-0.4, -0.2) is 67.2 Å². The predicted octanol–water partition coefficient (Wildman–Crippen LogP) is 3.69. The number of rotatable bonds is 9. The topological polar surface area (TPSA) is 85.8 Å². The highest BCUT2D eigenvalue weighted by molar-refractivity contribution is 5.95. The molecule has 2 heterocycles. The summed E-state index contributed by atoms with van der Waals surface area (Å²) in [5, 5.41) is 4.14. The Bertz CT molecular complexity index is 1070. The molecule has 2 aromatic carbocycles. The molecule has 0 saturated carbocycles. The highest BCUT2D eigenvalue weighted by atomic mass is 16.5. The Morgan fingerprint density at radius 2 is 1.91 bits per heavy atom. The quantitative estimate of drug-likeness (QED) is 0.402. The van der Waals surface area contributed by atoms with E-state index >= 15 is 0 Å². The molecule has 1 aliphatic heterocycles. The van der Waals surface area contributed by atoms with E-state index < -0.39 is 0 Å². The number of ether oxygens (including phenoxy) is 3. The number of carbonyl (C=O) groups excluding carboxylic acids is 1. The summed E-state index contributed by atoms with van der Waals surface area (Å²) in [5.74, 6) is 1.99. The average Bonchev–Trinajstić information content (AvgIpc) is 2.82. The fourth-order valence-corrected chi connectivity index (χ4v) is 3.66. The number of Topliss-reactive ketones (excluding diaryl/α,β-unsaturated/α-hetero) is 1. The van der Waals surface area contributed by atoms with Crippen molar-refractivity contribution in [2.24, 2.45) is 0 Å². The van der Waals surface area contributed by atoms with E-state index in [0.717, 1.165) is 55.9 Å². The Hall–Kier alpha value is -3.23. The maximum absolute atomic E-state index is 11.5. The molecule has 0 atom stereocenters. The van der Waals surface area contributed by atoms with Crippen molar-refractivity contribution in [1.29, 1.82) is 0 Å². The molecule has 4 rings (SSSR count). The van der Waals surface area contributed by atoms with Crippen molar-refractivity contribution in [2.75, 3.05) is 51.9 Å². The number of nitrogens with zero attached hydrogens (tertiary/aromatic N) is 3. The van der Waals surface area contributed by atoms with E-state index in [2.05, 4.69) is 20.2 Å². The molecule has 0 unspecified atom stereocenters. The lowest BCUT2D eigenvalue weighted by molar-refractivity contribution is 0.0357. The van der Waals surface area contributed by atoms with Crippen LogP contribution in [0.15, 0.2) is 42.7 Å². The SMILES string of the molecule is COc1cc2ncnc(Nc3ccc(C(C)=O)cc3)c2cc1OCCCN1CCOCC1. The van der Waals surface area contributed by atoms with Gasteiger partial charge in [-0.05, 0) is 43.7 Å². The summed E-state index contributed by atoms with van der Waals surface area (Å²) in [7, 11) is 1.62. The molecular formula is C24H28N4O4. The minimum absolute atomic E-state index is 0.0338. The standard InChI is InChI=1S/C24H28N4O4/c1-17(29)18-4-6-19(7-5-18)27-24-20-14-23(22(30-2)15-21(20)25-16-26-24)32-11-3-8-28-9-12-31-13-10-28/h4-7,14-16H,3,8-13H2,1-2H3,(H,25,26,27). The molecule has 1 saturated heterocycles. The summed E-state index contributed by atoms with van der Waals surface area (Å²) < 4.78 is 17.0. The number of hydrogen-bond donors (Lipinski definition) is 1. The van der Waals surface area contributed by atoms with Crippen molar-refractivity contribution in [2.45, 2.75) is 13.3 Å². The number of fused-ring (bicyclic) bond motifs is 1. The normalized spacial score (nSPS) is 14.3. The summed E-state index contributed by atoms with van der Waals surface area (Å²) in [6.45, 7) is 6.65. The van der Waals surface area contributed by atoms with E-state index in [1.165, 1.54) is 6.33 Å². The van der Waals surface area contributed by atoms with Crippen LogP contribution in [0.5, 0.6) is 11.5 Å². The van der Waals surface area contributed by atoms with Crippen LogP contribution in [0.2, 0.25) is 0 Å². The zero-order valence-electron chi connectivity index (χ0n) is 18.5. The Morgan fingerprint density at radius 1 is 1.12 bits per heavy atom. The predicted molar refractivity (Wildman–Crippen MR) is 123 cm³/mol. The van der Waals surface area contributed by atoms with Gasteiger partial charge in [0, 0.05) is 42.3 Å². The van der Waals surface area contributed by atoms with Crippen LogP contribution in [0, 0.1) is 0 Å². The van der Waals surface area contributed by atoms with Crippen molar-refractivity contribution in [3.8, 4) is 11.5 Å². The number of hydrogen-bond acceptors (Lipinski definition) is 8. The maximum Gasteiger partial charge on any atom is 0.162 e. The van der Waals surface area contributed by atoms with E-state index in [9.17, 15) is 4.79 Å². The monoisotopic (exact) mass is 436 g/mol. The molecule has 0 radical (unpaired) electrons. The van der Waals surface area contributed by atoms with Gasteiger partial charge in [-0.25, -0.2) is 9.97 Å². The van der Waals surface area contributed by atoms with Gasteiger partial charge in [0.2, 0.25) is 0 Å². The number of nitrogens with one attached hydrogen (secondary N) is 1. The summed E-state index contributed by atoms with van der Waals surface area (Å²) >= 11 is 0. The second-order valence-corrected chi connectivity index (χ2v) is 7.66. The van der Waals surface area contributed by atoms with Gasteiger partial charge in [0.1, 0.15) is 12.1 Å². The third kappa shape index (κ3) is 5.33. The minimum atomic E-state index is 0.0338. The smallest absolute Gasteiger partial charge is 0.162 e. The largest absolute Gasteiger partial charge is 0.493 e. The van der Waals surface area contributed by atoms with Gasteiger partial charge in [0.25, 0.3) is 0 Å². The van der Waals surface area contributed by atoms with Gasteiger partial charge in [-0.1, -0.05) is 0 Å². The number of aromatic nitrogens is 2. The lowest BCUT2D eigenvalue weighted by Crippen LogP contribution is -2.37. The van der Waals surface area contributed by atoms with Crippen molar-refractivity contribution in [3.63, 3.8) is 0 Å². The summed E-state index contributed by atoms with van der Waals surface area (Å²) in [6, 6.07) is 11.1. The average molecular weight is 437 g/mol. The number of morpholine rings is 1. The van der Waals surface area contributed by atoms with E-state index in [1.807, 2.05) is 24.3 Å². The van der Waals surface area contributed by atoms with Crippen LogP contribution in [0.25, 0.3) is 10.9 Å². The zero-order chi connectivity index (χ0) is 22.3. The van der Waals surface area contributed by atoms with Gasteiger partial charge in [-0.2, -0.15) is 0 Å². The Labute approximate surface area is 187 Å². The van der Waals surface area contributed by atoms with Crippen LogP contribution < -0.4 is 14.8 Å². The lowest BCUT2D eigenvalue weighted by atomic mass is 10.1. The van der Waals surface area contributed by atoms with E-state index in [0.29, 0.717) is 29.5 Å². The third-order valence-electron chi connectivity index (χ3n) is 5.45. The molecule has 1 N–H and O–H groups in total. The van der Waals surface area contributed by atoms with Crippen LogP contribution in [0.4, 0.5) is 11.5 Å². The number of anilines is 2. The second kappa shape index (κ2) is 10.4. The minimum Gasteiger partial charge on any atom is -0.493 e. The van der Waals surface area contributed by atoms with Gasteiger partial charge in [-0.15, -0.1) is 0 Å². The van der Waals surface area contributed by atoms with Crippen molar-refractivity contribution in [1.82, 2.24) is 14.9 Å². The zero-order valence-corrected chi connectivity index (χ0v) is 18.5. The fraction of sp³-hybridized carbons (Fsp3) is 0.375. The van der Waals surface area contributed by atoms with Crippen LogP contribution in [0.3, 0.4) is 0 Å². The van der Waals surface area contributed by atoms with Crippen LogP contribution >= 0.6 is 0 Å². The van der Waals surface area contributed by atoms with Crippen molar-refractivity contribution >= 4 is 28.2 Å². The van der Waals surface area contributed by atoms with Crippen LogP contribution in [-0.2, 0) is 4.74 Å². The van der Waals surface area contributed by atoms with Gasteiger partial charge >= 0.3 is 0 Å². The molecule has 1 aliphatic rings. The molecule has 0 bridgehead atoms. The van der Waals surface area contributed by atoms with Gasteiger partial charge in [0.05, 0.1) is 32.4 Å². The molecule has 0 spiro atoms. The second-order valence-electron chi connectivity index (χ2n) is 7.66. The molecule has 0 amide bonds. The van der Waals surface area contributed by atoms with Crippen molar-refractivity contribution < 1.29 is 19.0 Å². The molecule has 3 aromatic rings. The number of benzene rings is 2. The van der Waals surface area contributed by atoms with E-state index in [-0.39, 0.29) is 5.78 Å². The molecule has 1 aromatic heterocycles. The number of carbonyl (C=O) groups is 1. The molecule has 8 nitrogen and oxygen atoms in total. The van der Waals surface area contributed by atoms with Gasteiger partial charge in [-0.3, -0.25) is 9.69 Å². The number of ketones is 1. The third-order valence-corrected chi connectivity index (χ3v) is 5.45. The van der Waals surface area contributed by atoms with Gasteiger partial charge < -0.3 is 19.5 Å². The first kappa shape index (κ1) is 22.0. The molecule has 1 fully saturated rings. The molecule has 168 valence electrons. The molecular weight excluding hydrogens is 408 g/mol. The first-order chi connectivity index (χ1) is 15.6. The fourth-order valence-electron chi connectivity index (χ4n) is 3.66. The van der Waals surface area contributed by atoms with Crippen LogP contribution in [0.1, 0.15) is 23.7 Å². The maximum atomic E-state index is 11.5. The van der Waals surface area contributed by atoms with Gasteiger partial charge in [0.15, 0.2) is 17.3 Å². The van der Waals surface area contributed by atoms with E-state index in [4.69, 9.17) is 14.2 Å². The summed E-state index contributed by atoms with van der Waals surface area (Å²) in [5.41, 5.74) is 2.25. The summed E-state index contributed by atoms with van der Waals surface area (Å²) in [4.78, 5) is 22.7. The summed E-state index contributed by atoms with van der Waals surface area (Å²) in [6.07, 6.45) is 2.43. The van der Waals surface area contributed by atoms with E-state index in [1.54, 1.807) is 26.2 Å². The molecule has 0 aliphatic carbocycles.